The molecule has 0 aliphatic heterocycles. The Labute approximate surface area is 151 Å². The van der Waals surface area contributed by atoms with Gasteiger partial charge in [0.15, 0.2) is 0 Å². The molecule has 1 saturated carbocycles. The molecule has 4 nitrogen and oxygen atoms in total. The van der Waals surface area contributed by atoms with Crippen LogP contribution in [0, 0.1) is 5.92 Å². The normalized spacial score (nSPS) is 20.5. The summed E-state index contributed by atoms with van der Waals surface area (Å²) >= 11 is 12.2. The molecule has 24 heavy (non-hydrogen) atoms. The summed E-state index contributed by atoms with van der Waals surface area (Å²) in [5.74, 6) is -1.27. The highest BCUT2D eigenvalue weighted by Gasteiger charge is 2.36. The summed E-state index contributed by atoms with van der Waals surface area (Å²) in [5, 5.41) is 0.823. The molecular weight excluding hydrogens is 351 g/mol. The van der Waals surface area contributed by atoms with Crippen LogP contribution in [0.3, 0.4) is 0 Å². The number of benzene rings is 1. The summed E-state index contributed by atoms with van der Waals surface area (Å²) in [5.41, 5.74) is 1.48. The van der Waals surface area contributed by atoms with E-state index in [1.165, 1.54) is 0 Å². The van der Waals surface area contributed by atoms with Crippen LogP contribution in [0.2, 0.25) is 10.0 Å². The predicted octanol–water partition coefficient (Wildman–Crippen LogP) is 4.37. The van der Waals surface area contributed by atoms with Gasteiger partial charge in [-0.25, -0.2) is 0 Å². The Morgan fingerprint density at radius 2 is 1.96 bits per heavy atom. The molecule has 0 aromatic heterocycles. The minimum Gasteiger partial charge on any atom is -0.466 e. The van der Waals surface area contributed by atoms with Gasteiger partial charge in [-0.05, 0) is 31.9 Å². The molecule has 0 spiro atoms. The average molecular weight is 371 g/mol. The minimum atomic E-state index is -0.556. The summed E-state index contributed by atoms with van der Waals surface area (Å²) in [6, 6.07) is 5.04. The standard InChI is InChI=1S/C18H20Cl2O4/c1-3-23-18(22)12-8-7-11(2)9-16(12)24-17(21)10-13-14(19)5-4-6-15(13)20/h4-6,12,16H,2-3,7-10H2,1H3. The Hall–Kier alpha value is -1.52. The van der Waals surface area contributed by atoms with Gasteiger partial charge in [-0.2, -0.15) is 0 Å². The lowest BCUT2D eigenvalue weighted by atomic mass is 9.84. The number of esters is 2. The second kappa shape index (κ2) is 8.54. The van der Waals surface area contributed by atoms with Crippen molar-refractivity contribution < 1.29 is 19.1 Å². The van der Waals surface area contributed by atoms with Gasteiger partial charge in [0.2, 0.25) is 0 Å². The van der Waals surface area contributed by atoms with Crippen molar-refractivity contribution in [1.29, 1.82) is 0 Å². The third-order valence-electron chi connectivity index (χ3n) is 4.00. The van der Waals surface area contributed by atoms with E-state index in [-0.39, 0.29) is 12.4 Å². The molecule has 2 atom stereocenters. The molecule has 2 rings (SSSR count). The highest BCUT2D eigenvalue weighted by Crippen LogP contribution is 2.32. The number of hydrogen-bond donors (Lipinski definition) is 0. The van der Waals surface area contributed by atoms with Crippen molar-refractivity contribution in [2.24, 2.45) is 5.92 Å². The highest BCUT2D eigenvalue weighted by molar-refractivity contribution is 6.36. The van der Waals surface area contributed by atoms with Gasteiger partial charge in [0.05, 0.1) is 18.9 Å². The Morgan fingerprint density at radius 1 is 1.29 bits per heavy atom. The van der Waals surface area contributed by atoms with Crippen LogP contribution in [0.5, 0.6) is 0 Å². The largest absolute Gasteiger partial charge is 0.466 e. The smallest absolute Gasteiger partial charge is 0.312 e. The number of ether oxygens (including phenoxy) is 2. The van der Waals surface area contributed by atoms with Gasteiger partial charge >= 0.3 is 11.9 Å². The van der Waals surface area contributed by atoms with Crippen LogP contribution in [0.4, 0.5) is 0 Å². The first-order chi connectivity index (χ1) is 11.4. The summed E-state index contributed by atoms with van der Waals surface area (Å²) in [7, 11) is 0. The van der Waals surface area contributed by atoms with Gasteiger partial charge in [-0.15, -0.1) is 0 Å². The minimum absolute atomic E-state index is 0.0446. The fourth-order valence-electron chi connectivity index (χ4n) is 2.77. The molecule has 6 heteroatoms. The van der Waals surface area contributed by atoms with Crippen molar-refractivity contribution in [3.05, 3.63) is 46.0 Å². The molecule has 0 bridgehead atoms. The second-order valence-electron chi connectivity index (χ2n) is 5.76. The Bertz CT molecular complexity index is 622. The first kappa shape index (κ1) is 18.8. The van der Waals surface area contributed by atoms with Crippen molar-refractivity contribution in [2.75, 3.05) is 6.61 Å². The molecule has 0 N–H and O–H groups in total. The van der Waals surface area contributed by atoms with Gasteiger partial charge in [-0.3, -0.25) is 9.59 Å². The zero-order valence-corrected chi connectivity index (χ0v) is 15.0. The lowest BCUT2D eigenvalue weighted by Gasteiger charge is -2.30. The third kappa shape index (κ3) is 4.74. The molecule has 1 aliphatic rings. The third-order valence-corrected chi connectivity index (χ3v) is 4.71. The number of rotatable bonds is 5. The number of hydrogen-bond acceptors (Lipinski definition) is 4. The molecule has 1 aliphatic carbocycles. The first-order valence-electron chi connectivity index (χ1n) is 7.88. The lowest BCUT2D eigenvalue weighted by molar-refractivity contribution is -0.162. The molecule has 1 aromatic carbocycles. The van der Waals surface area contributed by atoms with Crippen molar-refractivity contribution in [1.82, 2.24) is 0 Å². The molecular formula is C18H20Cl2O4. The predicted molar refractivity (Wildman–Crippen MR) is 93.2 cm³/mol. The molecule has 0 heterocycles. The van der Waals surface area contributed by atoms with Crippen LogP contribution >= 0.6 is 23.2 Å². The van der Waals surface area contributed by atoms with Gasteiger partial charge in [-0.1, -0.05) is 41.4 Å². The zero-order valence-electron chi connectivity index (χ0n) is 13.5. The zero-order chi connectivity index (χ0) is 17.7. The number of carbonyl (C=O) groups excluding carboxylic acids is 2. The Morgan fingerprint density at radius 3 is 2.58 bits per heavy atom. The van der Waals surface area contributed by atoms with E-state index < -0.39 is 18.0 Å². The maximum absolute atomic E-state index is 12.3. The van der Waals surface area contributed by atoms with E-state index in [0.29, 0.717) is 35.1 Å². The van der Waals surface area contributed by atoms with E-state index in [4.69, 9.17) is 32.7 Å². The SMILES string of the molecule is C=C1CCC(C(=O)OCC)C(OC(=O)Cc2c(Cl)cccc2Cl)C1. The van der Waals surface area contributed by atoms with E-state index in [1.807, 2.05) is 0 Å². The maximum atomic E-state index is 12.3. The first-order valence-corrected chi connectivity index (χ1v) is 8.63. The van der Waals surface area contributed by atoms with Crippen LogP contribution in [0.25, 0.3) is 0 Å². The summed E-state index contributed by atoms with van der Waals surface area (Å²) in [4.78, 5) is 24.4. The molecule has 1 fully saturated rings. The monoisotopic (exact) mass is 370 g/mol. The Balaban J connectivity index is 2.07. The molecule has 1 aromatic rings. The van der Waals surface area contributed by atoms with E-state index in [1.54, 1.807) is 25.1 Å². The van der Waals surface area contributed by atoms with Crippen molar-refractivity contribution in [2.45, 2.75) is 38.7 Å². The fourth-order valence-corrected chi connectivity index (χ4v) is 3.30. The topological polar surface area (TPSA) is 52.6 Å². The van der Waals surface area contributed by atoms with E-state index >= 15 is 0 Å². The summed E-state index contributed by atoms with van der Waals surface area (Å²) < 4.78 is 10.6. The Kier molecular flexibility index (Phi) is 6.69. The lowest BCUT2D eigenvalue weighted by Crippen LogP contribution is -2.37. The summed E-state index contributed by atoms with van der Waals surface area (Å²) in [6.07, 6.45) is 1.16. The summed E-state index contributed by atoms with van der Waals surface area (Å²) in [6.45, 7) is 5.99. The van der Waals surface area contributed by atoms with E-state index in [9.17, 15) is 9.59 Å². The second-order valence-corrected chi connectivity index (χ2v) is 6.57. The quantitative estimate of drug-likeness (QED) is 0.570. The van der Waals surface area contributed by atoms with E-state index in [2.05, 4.69) is 6.58 Å². The van der Waals surface area contributed by atoms with Crippen molar-refractivity contribution in [3.63, 3.8) is 0 Å². The fraction of sp³-hybridized carbons (Fsp3) is 0.444. The maximum Gasteiger partial charge on any atom is 0.312 e. The van der Waals surface area contributed by atoms with Gasteiger partial charge in [0.1, 0.15) is 6.10 Å². The van der Waals surface area contributed by atoms with Crippen molar-refractivity contribution >= 4 is 35.1 Å². The van der Waals surface area contributed by atoms with Crippen LogP contribution in [-0.4, -0.2) is 24.6 Å². The van der Waals surface area contributed by atoms with Crippen LogP contribution in [0.15, 0.2) is 30.4 Å². The van der Waals surface area contributed by atoms with Crippen LogP contribution < -0.4 is 0 Å². The highest BCUT2D eigenvalue weighted by atomic mass is 35.5. The van der Waals surface area contributed by atoms with Gasteiger partial charge in [0, 0.05) is 22.0 Å². The van der Waals surface area contributed by atoms with Gasteiger partial charge in [0.25, 0.3) is 0 Å². The van der Waals surface area contributed by atoms with Gasteiger partial charge < -0.3 is 9.47 Å². The number of carbonyl (C=O) groups is 2. The molecule has 0 amide bonds. The molecule has 0 radical (unpaired) electrons. The molecule has 130 valence electrons. The van der Waals surface area contributed by atoms with E-state index in [0.717, 1.165) is 12.0 Å². The van der Waals surface area contributed by atoms with Crippen LogP contribution in [0.1, 0.15) is 31.7 Å². The van der Waals surface area contributed by atoms with Crippen LogP contribution in [-0.2, 0) is 25.5 Å². The molecule has 0 saturated heterocycles. The van der Waals surface area contributed by atoms with Crippen molar-refractivity contribution in [3.8, 4) is 0 Å². The number of halogens is 2. The molecule has 2 unspecified atom stereocenters. The average Bonchev–Trinajstić information content (AvgIpc) is 2.51.